The van der Waals surface area contributed by atoms with Crippen LogP contribution in [0.2, 0.25) is 0 Å². The van der Waals surface area contributed by atoms with Crippen molar-refractivity contribution in [1.82, 2.24) is 9.97 Å². The largest absolute Gasteiger partial charge is 0.493 e. The number of carbonyl (C=O) groups excluding carboxylic acids is 1. The van der Waals surface area contributed by atoms with E-state index in [9.17, 15) is 9.18 Å². The highest BCUT2D eigenvalue weighted by atomic mass is 32.1. The molecule has 0 unspecified atom stereocenters. The lowest BCUT2D eigenvalue weighted by molar-refractivity contribution is -0.117. The molecule has 8 heteroatoms. The van der Waals surface area contributed by atoms with E-state index in [0.29, 0.717) is 45.1 Å². The zero-order valence-corrected chi connectivity index (χ0v) is 19.9. The van der Waals surface area contributed by atoms with E-state index in [2.05, 4.69) is 9.97 Å². The lowest BCUT2D eigenvalue weighted by atomic mass is 10.1. The van der Waals surface area contributed by atoms with Crippen LogP contribution in [0.5, 0.6) is 23.0 Å². The van der Waals surface area contributed by atoms with Crippen molar-refractivity contribution < 1.29 is 23.4 Å². The van der Waals surface area contributed by atoms with Crippen molar-refractivity contribution in [3.63, 3.8) is 0 Å². The van der Waals surface area contributed by atoms with E-state index < -0.39 is 5.82 Å². The number of fused-ring (bicyclic) bond motifs is 2. The van der Waals surface area contributed by atoms with Gasteiger partial charge in [0.2, 0.25) is 0 Å². The number of halogens is 1. The third-order valence-electron chi connectivity index (χ3n) is 5.51. The average Bonchev–Trinajstić information content (AvgIpc) is 3.24. The second-order valence-electron chi connectivity index (χ2n) is 7.87. The molecule has 35 heavy (non-hydrogen) atoms. The number of aromatic nitrogens is 2. The molecule has 176 valence electrons. The predicted octanol–water partition coefficient (Wildman–Crippen LogP) is 6.15. The van der Waals surface area contributed by atoms with Gasteiger partial charge in [-0.05, 0) is 17.7 Å². The topological polar surface area (TPSA) is 70.5 Å². The molecule has 2 heterocycles. The van der Waals surface area contributed by atoms with Gasteiger partial charge < -0.3 is 14.2 Å². The number of ketones is 1. The van der Waals surface area contributed by atoms with E-state index in [4.69, 9.17) is 14.2 Å². The Bertz CT molecular complexity index is 1540. The molecular weight excluding hydrogens is 467 g/mol. The summed E-state index contributed by atoms with van der Waals surface area (Å²) in [5.74, 6) is 1.05. The predicted molar refractivity (Wildman–Crippen MR) is 133 cm³/mol. The van der Waals surface area contributed by atoms with Crippen LogP contribution in [0.25, 0.3) is 21.1 Å². The van der Waals surface area contributed by atoms with Crippen molar-refractivity contribution in [2.75, 3.05) is 14.2 Å². The Morgan fingerprint density at radius 2 is 1.66 bits per heavy atom. The van der Waals surface area contributed by atoms with Gasteiger partial charge in [-0.15, -0.1) is 11.3 Å². The number of nitrogens with zero attached hydrogens (tertiary/aromatic N) is 2. The Balaban J connectivity index is 1.42. The number of thiazole rings is 1. The summed E-state index contributed by atoms with van der Waals surface area (Å²) >= 11 is 1.36. The highest BCUT2D eigenvalue weighted by molar-refractivity contribution is 7.18. The van der Waals surface area contributed by atoms with Crippen molar-refractivity contribution in [3.8, 4) is 23.0 Å². The fourth-order valence-corrected chi connectivity index (χ4v) is 4.85. The maximum atomic E-state index is 14.9. The summed E-state index contributed by atoms with van der Waals surface area (Å²) in [5.41, 5.74) is 2.08. The summed E-state index contributed by atoms with van der Waals surface area (Å²) in [7, 11) is 3.09. The van der Waals surface area contributed by atoms with E-state index in [1.807, 2.05) is 30.3 Å². The van der Waals surface area contributed by atoms with Crippen LogP contribution < -0.4 is 14.2 Å². The number of benzene rings is 3. The molecule has 0 radical (unpaired) electrons. The van der Waals surface area contributed by atoms with Crippen LogP contribution in [0.3, 0.4) is 0 Å². The van der Waals surface area contributed by atoms with Gasteiger partial charge in [-0.25, -0.2) is 9.37 Å². The summed E-state index contributed by atoms with van der Waals surface area (Å²) < 4.78 is 32.4. The molecule has 0 saturated heterocycles. The molecule has 0 saturated carbocycles. The minimum absolute atomic E-state index is 0.0554. The first-order valence-corrected chi connectivity index (χ1v) is 11.7. The molecule has 0 aliphatic heterocycles. The molecule has 0 bridgehead atoms. The minimum atomic E-state index is -0.546. The summed E-state index contributed by atoms with van der Waals surface area (Å²) in [4.78, 5) is 21.3. The highest BCUT2D eigenvalue weighted by Crippen LogP contribution is 2.38. The van der Waals surface area contributed by atoms with Crippen LogP contribution in [0, 0.1) is 5.82 Å². The van der Waals surface area contributed by atoms with Crippen molar-refractivity contribution in [2.24, 2.45) is 0 Å². The van der Waals surface area contributed by atoms with E-state index in [0.717, 1.165) is 10.3 Å². The van der Waals surface area contributed by atoms with E-state index in [1.54, 1.807) is 44.7 Å². The van der Waals surface area contributed by atoms with Gasteiger partial charge in [0, 0.05) is 36.2 Å². The van der Waals surface area contributed by atoms with Gasteiger partial charge in [-0.3, -0.25) is 9.78 Å². The number of carbonyl (C=O) groups is 1. The van der Waals surface area contributed by atoms with Gasteiger partial charge in [0.25, 0.3) is 0 Å². The number of Topliss-reactive ketones (excluding diaryl/α,β-unsaturated/α-hetero) is 1. The smallest absolute Gasteiger partial charge is 0.167 e. The van der Waals surface area contributed by atoms with E-state index in [-0.39, 0.29) is 18.0 Å². The van der Waals surface area contributed by atoms with Gasteiger partial charge in [0.15, 0.2) is 23.1 Å². The van der Waals surface area contributed by atoms with Gasteiger partial charge >= 0.3 is 0 Å². The first kappa shape index (κ1) is 22.7. The zero-order valence-electron chi connectivity index (χ0n) is 19.1. The number of rotatable bonds is 8. The second-order valence-corrected chi connectivity index (χ2v) is 8.99. The van der Waals surface area contributed by atoms with Crippen LogP contribution >= 0.6 is 11.3 Å². The Morgan fingerprint density at radius 3 is 2.43 bits per heavy atom. The Morgan fingerprint density at radius 1 is 0.886 bits per heavy atom. The van der Waals surface area contributed by atoms with Gasteiger partial charge in [0.05, 0.1) is 36.4 Å². The zero-order chi connectivity index (χ0) is 24.4. The van der Waals surface area contributed by atoms with Crippen LogP contribution in [-0.4, -0.2) is 30.0 Å². The number of hydrogen-bond acceptors (Lipinski definition) is 7. The third-order valence-corrected chi connectivity index (χ3v) is 6.52. The Hall–Kier alpha value is -4.04. The molecule has 6 nitrogen and oxygen atoms in total. The fourth-order valence-electron chi connectivity index (χ4n) is 3.84. The van der Waals surface area contributed by atoms with Crippen LogP contribution in [0.15, 0.2) is 66.9 Å². The first-order valence-electron chi connectivity index (χ1n) is 10.9. The first-order chi connectivity index (χ1) is 17.0. The van der Waals surface area contributed by atoms with Crippen LogP contribution in [-0.2, 0) is 17.6 Å². The summed E-state index contributed by atoms with van der Waals surface area (Å²) in [6, 6.07) is 17.7. The fraction of sp³-hybridized carbons (Fsp3) is 0.148. The molecule has 0 N–H and O–H groups in total. The summed E-state index contributed by atoms with van der Waals surface area (Å²) in [6.07, 6.45) is 2.12. The number of methoxy groups -OCH3 is 2. The highest BCUT2D eigenvalue weighted by Gasteiger charge is 2.16. The Labute approximate surface area is 204 Å². The maximum absolute atomic E-state index is 14.9. The average molecular weight is 489 g/mol. The van der Waals surface area contributed by atoms with Gasteiger partial charge in [0.1, 0.15) is 16.5 Å². The number of pyridine rings is 1. The molecule has 2 aromatic heterocycles. The monoisotopic (exact) mass is 488 g/mol. The third kappa shape index (κ3) is 4.79. The quantitative estimate of drug-likeness (QED) is 0.261. The van der Waals surface area contributed by atoms with Crippen molar-refractivity contribution >= 4 is 38.2 Å². The van der Waals surface area contributed by atoms with Gasteiger partial charge in [-0.1, -0.05) is 30.3 Å². The molecule has 0 atom stereocenters. The molecule has 0 spiro atoms. The molecule has 3 aromatic carbocycles. The molecule has 5 aromatic rings. The molecule has 0 aliphatic carbocycles. The lowest BCUT2D eigenvalue weighted by Gasteiger charge is -2.12. The molecule has 0 fully saturated rings. The van der Waals surface area contributed by atoms with Crippen molar-refractivity contribution in [2.45, 2.75) is 12.8 Å². The SMILES string of the molecule is COc1cc2nccc(Oc3cc4sc(CC(=O)Cc5ccccc5)nc4cc3F)c2cc1OC. The second kappa shape index (κ2) is 9.68. The van der Waals surface area contributed by atoms with Crippen molar-refractivity contribution in [1.29, 1.82) is 0 Å². The number of ether oxygens (including phenoxy) is 3. The molecule has 0 amide bonds. The molecular formula is C27H21FN2O4S. The molecule has 5 rings (SSSR count). The van der Waals surface area contributed by atoms with Gasteiger partial charge in [-0.2, -0.15) is 0 Å². The van der Waals surface area contributed by atoms with E-state index >= 15 is 0 Å². The summed E-state index contributed by atoms with van der Waals surface area (Å²) in [5, 5.41) is 1.30. The van der Waals surface area contributed by atoms with Crippen LogP contribution in [0.1, 0.15) is 10.6 Å². The summed E-state index contributed by atoms with van der Waals surface area (Å²) in [6.45, 7) is 0. The maximum Gasteiger partial charge on any atom is 0.167 e. The Kier molecular flexibility index (Phi) is 6.29. The van der Waals surface area contributed by atoms with Crippen LogP contribution in [0.4, 0.5) is 4.39 Å². The van der Waals surface area contributed by atoms with E-state index in [1.165, 1.54) is 17.4 Å². The van der Waals surface area contributed by atoms with Crippen molar-refractivity contribution in [3.05, 3.63) is 83.2 Å². The number of hydrogen-bond donors (Lipinski definition) is 0. The standard InChI is InChI=1S/C27H21FN2O4S/c1-32-24-12-18-20(14-25(24)33-2)29-9-8-22(18)34-23-15-26-21(13-19(23)28)30-27(35-26)11-17(31)10-16-6-4-3-5-7-16/h3-9,12-15H,10-11H2,1-2H3. The minimum Gasteiger partial charge on any atom is -0.493 e. The lowest BCUT2D eigenvalue weighted by Crippen LogP contribution is -2.06. The normalized spacial score (nSPS) is 11.1. The molecule has 0 aliphatic rings.